The van der Waals surface area contributed by atoms with Crippen LogP contribution in [0.2, 0.25) is 0 Å². The lowest BCUT2D eigenvalue weighted by molar-refractivity contribution is 0.241. The van der Waals surface area contributed by atoms with E-state index < -0.39 is 0 Å². The molecule has 5 heteroatoms. The monoisotopic (exact) mass is 259 g/mol. The summed E-state index contributed by atoms with van der Waals surface area (Å²) >= 11 is 0. The maximum atomic E-state index is 11.7. The van der Waals surface area contributed by atoms with Gasteiger partial charge in [-0.3, -0.25) is 9.78 Å². The lowest BCUT2D eigenvalue weighted by atomic mass is 10.1. The Morgan fingerprint density at radius 1 is 1.26 bits per heavy atom. The van der Waals surface area contributed by atoms with Crippen molar-refractivity contribution in [2.24, 2.45) is 0 Å². The number of H-pyrrole nitrogens is 1. The van der Waals surface area contributed by atoms with Crippen LogP contribution < -0.4 is 10.3 Å². The first kappa shape index (κ1) is 13.3. The van der Waals surface area contributed by atoms with Crippen LogP contribution in [0.4, 0.5) is 0 Å². The smallest absolute Gasteiger partial charge is 0.254 e. The topological polar surface area (TPSA) is 67.9 Å². The van der Waals surface area contributed by atoms with Gasteiger partial charge in [-0.2, -0.15) is 0 Å². The van der Waals surface area contributed by atoms with E-state index in [9.17, 15) is 4.79 Å². The summed E-state index contributed by atoms with van der Waals surface area (Å²) in [6, 6.07) is 1.85. The van der Waals surface area contributed by atoms with Gasteiger partial charge in [-0.05, 0) is 33.8 Å². The van der Waals surface area contributed by atoms with Crippen molar-refractivity contribution in [3.05, 3.63) is 40.2 Å². The zero-order chi connectivity index (χ0) is 14.0. The predicted octanol–water partition coefficient (Wildman–Crippen LogP) is 2.24. The van der Waals surface area contributed by atoms with Crippen LogP contribution in [0, 0.1) is 13.8 Å². The van der Waals surface area contributed by atoms with Crippen molar-refractivity contribution in [3.8, 4) is 17.0 Å². The van der Waals surface area contributed by atoms with Crippen LogP contribution in [-0.4, -0.2) is 21.1 Å². The minimum atomic E-state index is -0.127. The van der Waals surface area contributed by atoms with E-state index >= 15 is 0 Å². The molecular formula is C14H17N3O2. The van der Waals surface area contributed by atoms with Gasteiger partial charge in [-0.25, -0.2) is 4.98 Å². The van der Waals surface area contributed by atoms with Crippen LogP contribution in [0.1, 0.15) is 25.2 Å². The largest absolute Gasteiger partial charge is 0.489 e. The van der Waals surface area contributed by atoms with Crippen LogP contribution in [0.5, 0.6) is 5.75 Å². The van der Waals surface area contributed by atoms with Gasteiger partial charge >= 0.3 is 0 Å². The van der Waals surface area contributed by atoms with Gasteiger partial charge in [0.1, 0.15) is 11.6 Å². The Morgan fingerprint density at radius 3 is 2.68 bits per heavy atom. The van der Waals surface area contributed by atoms with E-state index in [4.69, 9.17) is 4.74 Å². The number of aromatic amines is 1. The molecule has 2 aromatic rings. The van der Waals surface area contributed by atoms with E-state index in [1.54, 1.807) is 26.2 Å². The molecule has 100 valence electrons. The van der Waals surface area contributed by atoms with E-state index in [1.807, 2.05) is 19.9 Å². The molecule has 2 heterocycles. The molecule has 0 bridgehead atoms. The van der Waals surface area contributed by atoms with Crippen molar-refractivity contribution in [2.75, 3.05) is 0 Å². The van der Waals surface area contributed by atoms with E-state index in [2.05, 4.69) is 15.0 Å². The highest BCUT2D eigenvalue weighted by atomic mass is 16.5. The summed E-state index contributed by atoms with van der Waals surface area (Å²) < 4.78 is 5.60. The Morgan fingerprint density at radius 2 is 2.00 bits per heavy atom. The number of pyridine rings is 1. The maximum absolute atomic E-state index is 11.7. The maximum Gasteiger partial charge on any atom is 0.254 e. The van der Waals surface area contributed by atoms with Crippen molar-refractivity contribution in [3.63, 3.8) is 0 Å². The van der Waals surface area contributed by atoms with Crippen LogP contribution in [0.3, 0.4) is 0 Å². The molecule has 0 spiro atoms. The number of hydrogen-bond acceptors (Lipinski definition) is 4. The highest BCUT2D eigenvalue weighted by molar-refractivity contribution is 5.62. The standard InChI is InChI=1S/C14H17N3O2/c1-8(2)19-12-5-11(6-15-7-12)13-9(3)14(18)17-10(4)16-13/h5-8H,1-4H3,(H,16,17,18). The molecule has 2 aromatic heterocycles. The first-order chi connectivity index (χ1) is 8.97. The molecule has 0 aliphatic rings. The quantitative estimate of drug-likeness (QED) is 0.917. The van der Waals surface area contributed by atoms with Gasteiger partial charge in [0.05, 0.1) is 18.0 Å². The van der Waals surface area contributed by atoms with Crippen LogP contribution in [-0.2, 0) is 0 Å². The summed E-state index contributed by atoms with van der Waals surface area (Å²) in [6.07, 6.45) is 3.41. The summed E-state index contributed by atoms with van der Waals surface area (Å²) in [7, 11) is 0. The Balaban J connectivity index is 2.50. The first-order valence-electron chi connectivity index (χ1n) is 6.17. The summed E-state index contributed by atoms with van der Waals surface area (Å²) in [4.78, 5) is 22.9. The average Bonchev–Trinajstić information content (AvgIpc) is 2.33. The second kappa shape index (κ2) is 5.22. The van der Waals surface area contributed by atoms with E-state index in [1.165, 1.54) is 0 Å². The Labute approximate surface area is 111 Å². The molecule has 0 aliphatic heterocycles. The van der Waals surface area contributed by atoms with Gasteiger partial charge in [0, 0.05) is 17.3 Å². The van der Waals surface area contributed by atoms with E-state index in [0.29, 0.717) is 22.8 Å². The third kappa shape index (κ3) is 2.99. The molecule has 0 amide bonds. The Bertz CT molecular complexity index is 647. The third-order valence-corrected chi connectivity index (χ3v) is 2.63. The van der Waals surface area contributed by atoms with Crippen molar-refractivity contribution in [1.82, 2.24) is 15.0 Å². The fourth-order valence-electron chi connectivity index (χ4n) is 1.81. The zero-order valence-electron chi connectivity index (χ0n) is 11.5. The molecule has 0 saturated heterocycles. The molecule has 0 aliphatic carbocycles. The van der Waals surface area contributed by atoms with Crippen molar-refractivity contribution < 1.29 is 4.74 Å². The number of hydrogen-bond donors (Lipinski definition) is 1. The van der Waals surface area contributed by atoms with Gasteiger partial charge in [0.2, 0.25) is 0 Å². The minimum absolute atomic E-state index is 0.0759. The number of aryl methyl sites for hydroxylation is 1. The van der Waals surface area contributed by atoms with Crippen molar-refractivity contribution in [2.45, 2.75) is 33.8 Å². The lowest BCUT2D eigenvalue weighted by Gasteiger charge is -2.11. The number of rotatable bonds is 3. The van der Waals surface area contributed by atoms with Gasteiger partial charge in [-0.15, -0.1) is 0 Å². The molecule has 0 unspecified atom stereocenters. The van der Waals surface area contributed by atoms with Crippen molar-refractivity contribution >= 4 is 0 Å². The SMILES string of the molecule is Cc1nc(-c2cncc(OC(C)C)c2)c(C)c(=O)[nH]1. The number of nitrogens with one attached hydrogen (secondary N) is 1. The fourth-order valence-corrected chi connectivity index (χ4v) is 1.81. The summed E-state index contributed by atoms with van der Waals surface area (Å²) in [5, 5.41) is 0. The van der Waals surface area contributed by atoms with Crippen LogP contribution >= 0.6 is 0 Å². The van der Waals surface area contributed by atoms with E-state index in [-0.39, 0.29) is 11.7 Å². The van der Waals surface area contributed by atoms with Crippen molar-refractivity contribution in [1.29, 1.82) is 0 Å². The lowest BCUT2D eigenvalue weighted by Crippen LogP contribution is -2.14. The van der Waals surface area contributed by atoms with Gasteiger partial charge in [0.25, 0.3) is 5.56 Å². The number of nitrogens with zero attached hydrogens (tertiary/aromatic N) is 2. The second-order valence-corrected chi connectivity index (χ2v) is 4.70. The second-order valence-electron chi connectivity index (χ2n) is 4.70. The zero-order valence-corrected chi connectivity index (χ0v) is 11.5. The molecule has 0 fully saturated rings. The molecule has 1 N–H and O–H groups in total. The Kier molecular flexibility index (Phi) is 3.64. The molecule has 0 radical (unpaired) electrons. The van der Waals surface area contributed by atoms with Crippen LogP contribution in [0.15, 0.2) is 23.3 Å². The minimum Gasteiger partial charge on any atom is -0.489 e. The van der Waals surface area contributed by atoms with E-state index in [0.717, 1.165) is 5.56 Å². The normalized spacial score (nSPS) is 10.8. The van der Waals surface area contributed by atoms with Crippen LogP contribution in [0.25, 0.3) is 11.3 Å². The molecule has 0 aromatic carbocycles. The van der Waals surface area contributed by atoms with Gasteiger partial charge in [-0.1, -0.05) is 0 Å². The first-order valence-corrected chi connectivity index (χ1v) is 6.17. The number of ether oxygens (including phenoxy) is 1. The molecular weight excluding hydrogens is 242 g/mol. The summed E-state index contributed by atoms with van der Waals surface area (Å²) in [5.74, 6) is 1.26. The molecule has 0 atom stereocenters. The molecule has 0 saturated carbocycles. The third-order valence-electron chi connectivity index (χ3n) is 2.63. The summed E-state index contributed by atoms with van der Waals surface area (Å²) in [6.45, 7) is 7.41. The highest BCUT2D eigenvalue weighted by Crippen LogP contribution is 2.22. The number of aromatic nitrogens is 3. The molecule has 19 heavy (non-hydrogen) atoms. The summed E-state index contributed by atoms with van der Waals surface area (Å²) in [5.41, 5.74) is 1.87. The fraction of sp³-hybridized carbons (Fsp3) is 0.357. The van der Waals surface area contributed by atoms with Gasteiger partial charge < -0.3 is 9.72 Å². The predicted molar refractivity (Wildman–Crippen MR) is 73.3 cm³/mol. The average molecular weight is 259 g/mol. The highest BCUT2D eigenvalue weighted by Gasteiger charge is 2.10. The Hall–Kier alpha value is -2.17. The van der Waals surface area contributed by atoms with Gasteiger partial charge in [0.15, 0.2) is 0 Å². The molecule has 5 nitrogen and oxygen atoms in total. The molecule has 2 rings (SSSR count).